The van der Waals surface area contributed by atoms with Gasteiger partial charge in [-0.15, -0.1) is 0 Å². The highest BCUT2D eigenvalue weighted by atomic mass is 16.8. The number of carbonyl (C=O) groups excluding carboxylic acids is 1. The molecule has 34 heavy (non-hydrogen) atoms. The van der Waals surface area contributed by atoms with E-state index in [0.717, 1.165) is 32.1 Å². The molecule has 2 saturated heterocycles. The number of aliphatic hydroxyl groups is 6. The molecule has 2 aliphatic rings. The summed E-state index contributed by atoms with van der Waals surface area (Å²) in [6.07, 6.45) is -7.74. The van der Waals surface area contributed by atoms with Crippen LogP contribution in [0, 0.1) is 0 Å². The Morgan fingerprint density at radius 1 is 0.794 bits per heavy atom. The van der Waals surface area contributed by atoms with Gasteiger partial charge in [-0.05, 0) is 19.8 Å². The van der Waals surface area contributed by atoms with Crippen LogP contribution in [0.15, 0.2) is 0 Å². The molecular formula is C22H40O12. The first kappa shape index (κ1) is 29.3. The lowest BCUT2D eigenvalue weighted by Crippen LogP contribution is -2.64. The molecule has 0 aromatic carbocycles. The topological polar surface area (TPSA) is 185 Å². The smallest absolute Gasteiger partial charge is 0.305 e. The molecule has 2 heterocycles. The highest BCUT2D eigenvalue weighted by Gasteiger charge is 2.50. The van der Waals surface area contributed by atoms with Crippen LogP contribution in [0.2, 0.25) is 0 Å². The van der Waals surface area contributed by atoms with Gasteiger partial charge in [0, 0.05) is 13.0 Å². The summed E-state index contributed by atoms with van der Waals surface area (Å²) < 4.78 is 27.0. The molecule has 2 rings (SSSR count). The second kappa shape index (κ2) is 14.6. The van der Waals surface area contributed by atoms with Gasteiger partial charge in [-0.1, -0.05) is 25.7 Å². The summed E-state index contributed by atoms with van der Waals surface area (Å²) in [7, 11) is 1.37. The molecule has 2 aliphatic heterocycles. The second-order valence-corrected chi connectivity index (χ2v) is 8.81. The highest BCUT2D eigenvalue weighted by molar-refractivity contribution is 5.68. The summed E-state index contributed by atoms with van der Waals surface area (Å²) in [5, 5.41) is 60.3. The number of methoxy groups -OCH3 is 1. The van der Waals surface area contributed by atoms with E-state index in [1.54, 1.807) is 0 Å². The molecular weight excluding hydrogens is 456 g/mol. The van der Waals surface area contributed by atoms with Gasteiger partial charge in [0.15, 0.2) is 12.6 Å². The summed E-state index contributed by atoms with van der Waals surface area (Å²) in [6.45, 7) is 1.18. The predicted molar refractivity (Wildman–Crippen MR) is 115 cm³/mol. The Bertz CT molecular complexity index is 592. The fraction of sp³-hybridized carbons (Fsp3) is 0.955. The lowest BCUT2D eigenvalue weighted by Gasteiger charge is -2.45. The van der Waals surface area contributed by atoms with E-state index in [1.807, 2.05) is 0 Å². The van der Waals surface area contributed by atoms with Crippen molar-refractivity contribution < 1.29 is 59.1 Å². The molecule has 2 fully saturated rings. The average molecular weight is 497 g/mol. The third kappa shape index (κ3) is 8.05. The molecule has 10 atom stereocenters. The normalized spacial score (nSPS) is 38.6. The molecule has 0 bridgehead atoms. The molecule has 0 aliphatic carbocycles. The fourth-order valence-corrected chi connectivity index (χ4v) is 4.00. The molecule has 0 saturated carbocycles. The number of carbonyl (C=O) groups is 1. The summed E-state index contributed by atoms with van der Waals surface area (Å²) in [4.78, 5) is 11.1. The second-order valence-electron chi connectivity index (χ2n) is 8.81. The van der Waals surface area contributed by atoms with Gasteiger partial charge in [0.25, 0.3) is 0 Å². The van der Waals surface area contributed by atoms with Crippen LogP contribution in [-0.4, -0.2) is 118 Å². The van der Waals surface area contributed by atoms with Crippen LogP contribution in [0.25, 0.3) is 0 Å². The van der Waals surface area contributed by atoms with E-state index < -0.39 is 68.0 Å². The van der Waals surface area contributed by atoms with E-state index in [0.29, 0.717) is 12.8 Å². The largest absolute Gasteiger partial charge is 0.469 e. The molecule has 0 aromatic rings. The van der Waals surface area contributed by atoms with Gasteiger partial charge < -0.3 is 54.3 Å². The quantitative estimate of drug-likeness (QED) is 0.129. The first-order chi connectivity index (χ1) is 16.2. The van der Waals surface area contributed by atoms with Crippen LogP contribution in [0.5, 0.6) is 0 Å². The zero-order valence-corrected chi connectivity index (χ0v) is 19.8. The summed E-state index contributed by atoms with van der Waals surface area (Å²) >= 11 is 0. The number of hydrogen-bond donors (Lipinski definition) is 6. The molecule has 0 spiro atoms. The molecule has 0 unspecified atom stereocenters. The third-order valence-electron chi connectivity index (χ3n) is 6.21. The number of unbranched alkanes of at least 4 members (excludes halogenated alkanes) is 5. The van der Waals surface area contributed by atoms with E-state index in [-0.39, 0.29) is 12.6 Å². The molecule has 0 aromatic heterocycles. The van der Waals surface area contributed by atoms with Crippen LogP contribution >= 0.6 is 0 Å². The van der Waals surface area contributed by atoms with Crippen molar-refractivity contribution in [2.75, 3.05) is 20.3 Å². The first-order valence-electron chi connectivity index (χ1n) is 11.9. The molecule has 200 valence electrons. The Morgan fingerprint density at radius 2 is 1.44 bits per heavy atom. The van der Waals surface area contributed by atoms with E-state index in [1.165, 1.54) is 14.0 Å². The Morgan fingerprint density at radius 3 is 2.09 bits per heavy atom. The zero-order valence-electron chi connectivity index (χ0n) is 19.8. The van der Waals surface area contributed by atoms with E-state index in [4.69, 9.17) is 18.9 Å². The molecule has 0 amide bonds. The van der Waals surface area contributed by atoms with Crippen molar-refractivity contribution in [2.24, 2.45) is 0 Å². The van der Waals surface area contributed by atoms with Gasteiger partial charge in [-0.3, -0.25) is 4.79 Å². The third-order valence-corrected chi connectivity index (χ3v) is 6.21. The minimum absolute atomic E-state index is 0.211. The van der Waals surface area contributed by atoms with Crippen LogP contribution in [0.1, 0.15) is 51.9 Å². The molecule has 0 radical (unpaired) electrons. The molecule has 12 heteroatoms. The minimum Gasteiger partial charge on any atom is -0.469 e. The maximum Gasteiger partial charge on any atom is 0.305 e. The monoisotopic (exact) mass is 496 g/mol. The standard InChI is InChI=1S/C22H40O12/c1-12-15(25)17(27)19(29)21(32-12)34-20-18(28)16(26)13(11-23)33-22(20)31-10-8-6-4-3-5-7-9-14(24)30-2/h12-13,15-23,25-29H,3-11H2,1-2H3/t12-,13-,15-,16-,17+,18+,19-,20-,21+,22+/m1/s1. The van der Waals surface area contributed by atoms with E-state index >= 15 is 0 Å². The predicted octanol–water partition coefficient (Wildman–Crippen LogP) is -1.44. The lowest BCUT2D eigenvalue weighted by molar-refractivity contribution is -0.364. The molecule has 6 N–H and O–H groups in total. The van der Waals surface area contributed by atoms with E-state index in [2.05, 4.69) is 4.74 Å². The fourth-order valence-electron chi connectivity index (χ4n) is 4.00. The van der Waals surface area contributed by atoms with Crippen molar-refractivity contribution in [3.63, 3.8) is 0 Å². The average Bonchev–Trinajstić information content (AvgIpc) is 2.83. The number of aliphatic hydroxyl groups excluding tert-OH is 6. The maximum atomic E-state index is 11.1. The van der Waals surface area contributed by atoms with Crippen LogP contribution in [-0.2, 0) is 28.5 Å². The number of hydrogen-bond acceptors (Lipinski definition) is 12. The van der Waals surface area contributed by atoms with Gasteiger partial charge in [0.1, 0.15) is 42.7 Å². The van der Waals surface area contributed by atoms with Gasteiger partial charge in [-0.25, -0.2) is 0 Å². The van der Waals surface area contributed by atoms with Crippen molar-refractivity contribution in [2.45, 2.75) is 113 Å². The van der Waals surface area contributed by atoms with Crippen molar-refractivity contribution >= 4 is 5.97 Å². The summed E-state index contributed by atoms with van der Waals surface area (Å²) in [5.74, 6) is -0.211. The van der Waals surface area contributed by atoms with E-state index in [9.17, 15) is 35.4 Å². The summed E-state index contributed by atoms with van der Waals surface area (Å²) in [5.41, 5.74) is 0. The van der Waals surface area contributed by atoms with Gasteiger partial charge in [0.05, 0.1) is 19.8 Å². The van der Waals surface area contributed by atoms with Crippen LogP contribution < -0.4 is 0 Å². The molecule has 12 nitrogen and oxygen atoms in total. The lowest BCUT2D eigenvalue weighted by atomic mass is 9.97. The van der Waals surface area contributed by atoms with Crippen LogP contribution in [0.3, 0.4) is 0 Å². The van der Waals surface area contributed by atoms with Crippen LogP contribution in [0.4, 0.5) is 0 Å². The first-order valence-corrected chi connectivity index (χ1v) is 11.9. The van der Waals surface area contributed by atoms with Gasteiger partial charge in [-0.2, -0.15) is 0 Å². The van der Waals surface area contributed by atoms with Crippen molar-refractivity contribution in [3.05, 3.63) is 0 Å². The van der Waals surface area contributed by atoms with Crippen molar-refractivity contribution in [3.8, 4) is 0 Å². The number of rotatable bonds is 13. The Kier molecular flexibility index (Phi) is 12.6. The van der Waals surface area contributed by atoms with Crippen molar-refractivity contribution in [1.82, 2.24) is 0 Å². The number of ether oxygens (including phenoxy) is 5. The maximum absolute atomic E-state index is 11.1. The zero-order chi connectivity index (χ0) is 25.3. The Labute approximate surface area is 199 Å². The number of esters is 1. The Hall–Kier alpha value is -0.930. The van der Waals surface area contributed by atoms with Crippen molar-refractivity contribution in [1.29, 1.82) is 0 Å². The van der Waals surface area contributed by atoms with Gasteiger partial charge in [0.2, 0.25) is 0 Å². The summed E-state index contributed by atoms with van der Waals surface area (Å²) in [6, 6.07) is 0. The van der Waals surface area contributed by atoms with Gasteiger partial charge >= 0.3 is 5.97 Å². The SMILES string of the molecule is COC(=O)CCCCCCCCO[C@H]1O[C@H](CO)[C@@H](O)[C@H](O)[C@H]1O[C@@H]1O[C@H](C)[C@@H](O)[C@H](O)[C@H]1O. The Balaban J connectivity index is 1.84. The highest BCUT2D eigenvalue weighted by Crippen LogP contribution is 2.29. The minimum atomic E-state index is -1.61.